The molecule has 0 aromatic carbocycles. The Morgan fingerprint density at radius 3 is 2.36 bits per heavy atom. The van der Waals surface area contributed by atoms with E-state index in [0.717, 1.165) is 19.1 Å². The molecule has 14 heavy (non-hydrogen) atoms. The lowest BCUT2D eigenvalue weighted by molar-refractivity contribution is 0.0290. The van der Waals surface area contributed by atoms with E-state index in [9.17, 15) is 0 Å². The number of hydrogen-bond acceptors (Lipinski definition) is 3. The molecule has 0 spiro atoms. The highest BCUT2D eigenvalue weighted by molar-refractivity contribution is 4.85. The molecule has 82 valence electrons. The predicted molar refractivity (Wildman–Crippen MR) is 56.6 cm³/mol. The van der Waals surface area contributed by atoms with E-state index >= 15 is 0 Å². The molecular weight excluding hydrogens is 176 g/mol. The molecule has 2 atom stereocenters. The standard InChI is InChI=1S/C11H22N2O/c12-13-11(9-4-1-2-5-9)10-6-3-7-14-8-10/h9-11,13H,1-8,12H2. The molecule has 1 aliphatic carbocycles. The normalized spacial score (nSPS) is 31.9. The van der Waals surface area contributed by atoms with Crippen molar-refractivity contribution >= 4 is 0 Å². The van der Waals surface area contributed by atoms with Crippen LogP contribution >= 0.6 is 0 Å². The second-order valence-corrected chi connectivity index (χ2v) is 4.71. The maximum absolute atomic E-state index is 5.68. The zero-order valence-corrected chi connectivity index (χ0v) is 8.87. The van der Waals surface area contributed by atoms with Gasteiger partial charge in [-0.05, 0) is 37.5 Å². The Kier molecular flexibility index (Phi) is 3.79. The summed E-state index contributed by atoms with van der Waals surface area (Å²) in [5.41, 5.74) is 3.03. The first-order chi connectivity index (χ1) is 6.92. The van der Waals surface area contributed by atoms with Crippen molar-refractivity contribution in [3.05, 3.63) is 0 Å². The largest absolute Gasteiger partial charge is 0.381 e. The molecule has 2 rings (SSSR count). The van der Waals surface area contributed by atoms with E-state index < -0.39 is 0 Å². The Balaban J connectivity index is 1.89. The van der Waals surface area contributed by atoms with Crippen LogP contribution in [-0.4, -0.2) is 19.3 Å². The van der Waals surface area contributed by atoms with Crippen LogP contribution in [-0.2, 0) is 4.74 Å². The number of hydrogen-bond donors (Lipinski definition) is 2. The van der Waals surface area contributed by atoms with Crippen LogP contribution in [0, 0.1) is 11.8 Å². The van der Waals surface area contributed by atoms with Crippen LogP contribution in [0.4, 0.5) is 0 Å². The third-order valence-corrected chi connectivity index (χ3v) is 3.80. The molecule has 0 bridgehead atoms. The maximum atomic E-state index is 5.68. The topological polar surface area (TPSA) is 47.3 Å². The number of hydrazine groups is 1. The Morgan fingerprint density at radius 2 is 1.79 bits per heavy atom. The van der Waals surface area contributed by atoms with Crippen molar-refractivity contribution in [3.63, 3.8) is 0 Å². The molecule has 2 aliphatic rings. The second kappa shape index (κ2) is 5.10. The summed E-state index contributed by atoms with van der Waals surface area (Å²) in [6.07, 6.45) is 7.96. The molecule has 3 heteroatoms. The van der Waals surface area contributed by atoms with Gasteiger partial charge in [0.25, 0.3) is 0 Å². The fourth-order valence-electron chi connectivity index (χ4n) is 3.02. The third kappa shape index (κ3) is 2.27. The summed E-state index contributed by atoms with van der Waals surface area (Å²) in [5, 5.41) is 0. The van der Waals surface area contributed by atoms with Crippen molar-refractivity contribution in [1.29, 1.82) is 0 Å². The van der Waals surface area contributed by atoms with Crippen molar-refractivity contribution in [2.24, 2.45) is 17.7 Å². The van der Waals surface area contributed by atoms with Crippen molar-refractivity contribution in [2.75, 3.05) is 13.2 Å². The Bertz CT molecular complexity index is 163. The first-order valence-corrected chi connectivity index (χ1v) is 5.95. The molecule has 3 N–H and O–H groups in total. The molecule has 1 heterocycles. The number of rotatable bonds is 3. The Morgan fingerprint density at radius 1 is 1.07 bits per heavy atom. The molecule has 1 saturated carbocycles. The molecule has 0 amide bonds. The van der Waals surface area contributed by atoms with Crippen LogP contribution in [0.2, 0.25) is 0 Å². The lowest BCUT2D eigenvalue weighted by Gasteiger charge is -2.33. The molecule has 1 saturated heterocycles. The summed E-state index contributed by atoms with van der Waals surface area (Å²) in [4.78, 5) is 0. The van der Waals surface area contributed by atoms with Crippen molar-refractivity contribution in [1.82, 2.24) is 5.43 Å². The lowest BCUT2D eigenvalue weighted by Crippen LogP contribution is -2.47. The van der Waals surface area contributed by atoms with Crippen molar-refractivity contribution in [3.8, 4) is 0 Å². The van der Waals surface area contributed by atoms with Gasteiger partial charge >= 0.3 is 0 Å². The minimum absolute atomic E-state index is 0.498. The average Bonchev–Trinajstić information content (AvgIpc) is 2.74. The van der Waals surface area contributed by atoms with E-state index in [0.29, 0.717) is 12.0 Å². The third-order valence-electron chi connectivity index (χ3n) is 3.80. The summed E-state index contributed by atoms with van der Waals surface area (Å²) in [6, 6.07) is 0.498. The minimum atomic E-state index is 0.498. The summed E-state index contributed by atoms with van der Waals surface area (Å²) in [7, 11) is 0. The SMILES string of the molecule is NNC(C1CCCC1)C1CCCOC1. The quantitative estimate of drug-likeness (QED) is 0.533. The van der Waals surface area contributed by atoms with Crippen LogP contribution in [0.3, 0.4) is 0 Å². The fraction of sp³-hybridized carbons (Fsp3) is 1.00. The van der Waals surface area contributed by atoms with Gasteiger partial charge in [-0.25, -0.2) is 0 Å². The molecule has 1 aliphatic heterocycles. The van der Waals surface area contributed by atoms with Gasteiger partial charge in [0.05, 0.1) is 6.61 Å². The Hall–Kier alpha value is -0.120. The van der Waals surface area contributed by atoms with Crippen LogP contribution in [0.15, 0.2) is 0 Å². The van der Waals surface area contributed by atoms with Gasteiger partial charge in [0.1, 0.15) is 0 Å². The smallest absolute Gasteiger partial charge is 0.0509 e. The first kappa shape index (κ1) is 10.4. The summed E-state index contributed by atoms with van der Waals surface area (Å²) in [5.74, 6) is 7.13. The molecule has 0 aromatic rings. The predicted octanol–water partition coefficient (Wildman–Crippen LogP) is 1.44. The van der Waals surface area contributed by atoms with Gasteiger partial charge in [0.2, 0.25) is 0 Å². The van der Waals surface area contributed by atoms with Crippen LogP contribution < -0.4 is 11.3 Å². The van der Waals surface area contributed by atoms with E-state index in [1.165, 1.54) is 38.5 Å². The monoisotopic (exact) mass is 198 g/mol. The first-order valence-electron chi connectivity index (χ1n) is 5.95. The molecule has 2 fully saturated rings. The van der Waals surface area contributed by atoms with Gasteiger partial charge in [-0.2, -0.15) is 0 Å². The van der Waals surface area contributed by atoms with E-state index in [1.807, 2.05) is 0 Å². The average molecular weight is 198 g/mol. The highest BCUT2D eigenvalue weighted by atomic mass is 16.5. The summed E-state index contributed by atoms with van der Waals surface area (Å²) < 4.78 is 5.53. The van der Waals surface area contributed by atoms with E-state index in [1.54, 1.807) is 0 Å². The van der Waals surface area contributed by atoms with Gasteiger partial charge in [0.15, 0.2) is 0 Å². The molecule has 0 aromatic heterocycles. The fourth-order valence-corrected chi connectivity index (χ4v) is 3.02. The van der Waals surface area contributed by atoms with E-state index in [-0.39, 0.29) is 0 Å². The minimum Gasteiger partial charge on any atom is -0.381 e. The van der Waals surface area contributed by atoms with Gasteiger partial charge in [-0.3, -0.25) is 11.3 Å². The summed E-state index contributed by atoms with van der Waals surface area (Å²) in [6.45, 7) is 1.85. The maximum Gasteiger partial charge on any atom is 0.0509 e. The van der Waals surface area contributed by atoms with E-state index in [2.05, 4.69) is 5.43 Å². The van der Waals surface area contributed by atoms with Crippen LogP contribution in [0.25, 0.3) is 0 Å². The van der Waals surface area contributed by atoms with Crippen LogP contribution in [0.1, 0.15) is 38.5 Å². The molecule has 2 unspecified atom stereocenters. The Labute approximate surface area is 86.4 Å². The number of nitrogens with two attached hydrogens (primary N) is 1. The van der Waals surface area contributed by atoms with Crippen LogP contribution in [0.5, 0.6) is 0 Å². The zero-order chi connectivity index (χ0) is 9.80. The van der Waals surface area contributed by atoms with Gasteiger partial charge in [0, 0.05) is 12.6 Å². The summed E-state index contributed by atoms with van der Waals surface area (Å²) >= 11 is 0. The lowest BCUT2D eigenvalue weighted by atomic mass is 9.84. The van der Waals surface area contributed by atoms with Crippen molar-refractivity contribution in [2.45, 2.75) is 44.6 Å². The molecule has 0 radical (unpaired) electrons. The van der Waals surface area contributed by atoms with Crippen molar-refractivity contribution < 1.29 is 4.74 Å². The van der Waals surface area contributed by atoms with E-state index in [4.69, 9.17) is 10.6 Å². The number of nitrogens with one attached hydrogen (secondary N) is 1. The zero-order valence-electron chi connectivity index (χ0n) is 8.87. The molecule has 3 nitrogen and oxygen atoms in total. The van der Waals surface area contributed by atoms with Gasteiger partial charge in [-0.15, -0.1) is 0 Å². The van der Waals surface area contributed by atoms with Gasteiger partial charge in [-0.1, -0.05) is 12.8 Å². The second-order valence-electron chi connectivity index (χ2n) is 4.71. The highest BCUT2D eigenvalue weighted by Crippen LogP contribution is 2.32. The number of ether oxygens (including phenoxy) is 1. The highest BCUT2D eigenvalue weighted by Gasteiger charge is 2.31. The van der Waals surface area contributed by atoms with Gasteiger partial charge < -0.3 is 4.74 Å². The molecular formula is C11H22N2O.